The van der Waals surface area contributed by atoms with Crippen LogP contribution in [0.5, 0.6) is 0 Å². The summed E-state index contributed by atoms with van der Waals surface area (Å²) >= 11 is 0. The summed E-state index contributed by atoms with van der Waals surface area (Å²) < 4.78 is 13.3. The molecule has 0 atom stereocenters. The molecule has 2 N–H and O–H groups in total. The van der Waals surface area contributed by atoms with Crippen LogP contribution >= 0.6 is 0 Å². The number of halogens is 1. The maximum absolute atomic E-state index is 13.3. The van der Waals surface area contributed by atoms with Gasteiger partial charge < -0.3 is 5.73 Å². The molecule has 0 saturated heterocycles. The Labute approximate surface area is 114 Å². The molecule has 2 aromatic rings. The number of fused-ring (bicyclic) bond motifs is 1. The Morgan fingerprint density at radius 2 is 1.85 bits per heavy atom. The van der Waals surface area contributed by atoms with Crippen molar-refractivity contribution in [3.63, 3.8) is 0 Å². The molecule has 5 heteroatoms. The van der Waals surface area contributed by atoms with Gasteiger partial charge in [0.1, 0.15) is 5.82 Å². The first-order valence-corrected chi connectivity index (χ1v) is 6.08. The van der Waals surface area contributed by atoms with Crippen LogP contribution in [0.1, 0.15) is 15.9 Å². The van der Waals surface area contributed by atoms with Crippen molar-refractivity contribution in [3.05, 3.63) is 59.4 Å². The summed E-state index contributed by atoms with van der Waals surface area (Å²) in [6.45, 7) is 0. The highest BCUT2D eigenvalue weighted by Crippen LogP contribution is 2.30. The third kappa shape index (κ3) is 1.84. The number of amides is 2. The first-order valence-electron chi connectivity index (χ1n) is 6.08. The van der Waals surface area contributed by atoms with Crippen molar-refractivity contribution in [2.45, 2.75) is 6.42 Å². The SMILES string of the molecule is Nc1ccc(F)cc1N1C(=O)Cc2ccccc2C1=O. The van der Waals surface area contributed by atoms with Gasteiger partial charge in [-0.1, -0.05) is 18.2 Å². The highest BCUT2D eigenvalue weighted by atomic mass is 19.1. The number of nitrogen functional groups attached to an aromatic ring is 1. The molecule has 0 aliphatic carbocycles. The standard InChI is InChI=1S/C15H11FN2O2/c16-10-5-6-12(17)13(8-10)18-14(19)7-9-3-1-2-4-11(9)15(18)20/h1-6,8H,7,17H2. The summed E-state index contributed by atoms with van der Waals surface area (Å²) in [7, 11) is 0. The number of rotatable bonds is 1. The largest absolute Gasteiger partial charge is 0.397 e. The third-order valence-corrected chi connectivity index (χ3v) is 3.28. The van der Waals surface area contributed by atoms with E-state index in [0.29, 0.717) is 11.1 Å². The molecule has 0 spiro atoms. The number of benzene rings is 2. The fourth-order valence-corrected chi connectivity index (χ4v) is 2.31. The average Bonchev–Trinajstić information content (AvgIpc) is 2.42. The molecule has 1 heterocycles. The van der Waals surface area contributed by atoms with E-state index in [1.807, 2.05) is 0 Å². The van der Waals surface area contributed by atoms with Crippen LogP contribution < -0.4 is 10.6 Å². The van der Waals surface area contributed by atoms with Crippen LogP contribution in [-0.2, 0) is 11.2 Å². The predicted octanol–water partition coefficient (Wildman–Crippen LogP) is 2.14. The Balaban J connectivity index is 2.14. The molecule has 0 radical (unpaired) electrons. The highest BCUT2D eigenvalue weighted by molar-refractivity contribution is 6.25. The van der Waals surface area contributed by atoms with Crippen molar-refractivity contribution in [2.24, 2.45) is 0 Å². The van der Waals surface area contributed by atoms with Gasteiger partial charge in [-0.15, -0.1) is 0 Å². The molecule has 1 aliphatic rings. The van der Waals surface area contributed by atoms with Crippen molar-refractivity contribution in [1.82, 2.24) is 0 Å². The lowest BCUT2D eigenvalue weighted by molar-refractivity contribution is -0.117. The van der Waals surface area contributed by atoms with Gasteiger partial charge in [0.15, 0.2) is 0 Å². The van der Waals surface area contributed by atoms with Crippen LogP contribution in [0.4, 0.5) is 15.8 Å². The number of nitrogens with two attached hydrogens (primary N) is 1. The molecule has 0 aromatic heterocycles. The molecule has 3 rings (SSSR count). The summed E-state index contributed by atoms with van der Waals surface area (Å²) in [5, 5.41) is 0. The smallest absolute Gasteiger partial charge is 0.265 e. The fraction of sp³-hybridized carbons (Fsp3) is 0.0667. The van der Waals surface area contributed by atoms with E-state index in [1.54, 1.807) is 24.3 Å². The van der Waals surface area contributed by atoms with Crippen molar-refractivity contribution in [3.8, 4) is 0 Å². The van der Waals surface area contributed by atoms with Gasteiger partial charge in [-0.3, -0.25) is 9.59 Å². The first kappa shape index (κ1) is 12.3. The molecule has 1 aliphatic heterocycles. The molecule has 0 unspecified atom stereocenters. The average molecular weight is 270 g/mol. The van der Waals surface area contributed by atoms with Crippen LogP contribution in [0, 0.1) is 5.82 Å². The Morgan fingerprint density at radius 3 is 2.65 bits per heavy atom. The van der Waals surface area contributed by atoms with Crippen molar-refractivity contribution in [2.75, 3.05) is 10.6 Å². The van der Waals surface area contributed by atoms with Crippen molar-refractivity contribution < 1.29 is 14.0 Å². The molecule has 0 bridgehead atoms. The van der Waals surface area contributed by atoms with E-state index in [0.717, 1.165) is 11.0 Å². The molecule has 0 fully saturated rings. The van der Waals surface area contributed by atoms with Crippen LogP contribution in [0.2, 0.25) is 0 Å². The third-order valence-electron chi connectivity index (χ3n) is 3.28. The van der Waals surface area contributed by atoms with Gasteiger partial charge >= 0.3 is 0 Å². The van der Waals surface area contributed by atoms with E-state index in [9.17, 15) is 14.0 Å². The molecule has 20 heavy (non-hydrogen) atoms. The predicted molar refractivity (Wildman–Crippen MR) is 72.8 cm³/mol. The quantitative estimate of drug-likeness (QED) is 0.638. The molecular weight excluding hydrogens is 259 g/mol. The van der Waals surface area contributed by atoms with E-state index in [-0.39, 0.29) is 17.8 Å². The lowest BCUT2D eigenvalue weighted by Gasteiger charge is -2.27. The Bertz CT molecular complexity index is 728. The monoisotopic (exact) mass is 270 g/mol. The van der Waals surface area contributed by atoms with Gasteiger partial charge in [-0.05, 0) is 23.8 Å². The zero-order chi connectivity index (χ0) is 14.3. The Kier molecular flexibility index (Phi) is 2.75. The topological polar surface area (TPSA) is 63.4 Å². The van der Waals surface area contributed by atoms with Crippen LogP contribution in [0.25, 0.3) is 0 Å². The van der Waals surface area contributed by atoms with Crippen LogP contribution in [0.3, 0.4) is 0 Å². The Morgan fingerprint density at radius 1 is 1.10 bits per heavy atom. The highest BCUT2D eigenvalue weighted by Gasteiger charge is 2.32. The number of hydrogen-bond donors (Lipinski definition) is 1. The lowest BCUT2D eigenvalue weighted by atomic mass is 9.98. The van der Waals surface area contributed by atoms with E-state index >= 15 is 0 Å². The number of carbonyl (C=O) groups is 2. The summed E-state index contributed by atoms with van der Waals surface area (Å²) in [5.74, 6) is -1.44. The molecule has 2 aromatic carbocycles. The van der Waals surface area contributed by atoms with Gasteiger partial charge in [-0.2, -0.15) is 0 Å². The molecule has 4 nitrogen and oxygen atoms in total. The maximum Gasteiger partial charge on any atom is 0.265 e. The van der Waals surface area contributed by atoms with Crippen LogP contribution in [0.15, 0.2) is 42.5 Å². The summed E-state index contributed by atoms with van der Waals surface area (Å²) in [4.78, 5) is 25.5. The number of nitrogens with zero attached hydrogens (tertiary/aromatic N) is 1. The normalized spacial score (nSPS) is 14.3. The van der Waals surface area contributed by atoms with E-state index in [2.05, 4.69) is 0 Å². The summed E-state index contributed by atoms with van der Waals surface area (Å²) in [6.07, 6.45) is 0.0951. The fourth-order valence-electron chi connectivity index (χ4n) is 2.31. The molecule has 100 valence electrons. The zero-order valence-corrected chi connectivity index (χ0v) is 10.5. The van der Waals surface area contributed by atoms with Gasteiger partial charge in [0.25, 0.3) is 5.91 Å². The van der Waals surface area contributed by atoms with Crippen molar-refractivity contribution in [1.29, 1.82) is 0 Å². The number of anilines is 2. The van der Waals surface area contributed by atoms with Gasteiger partial charge in [0.2, 0.25) is 5.91 Å². The summed E-state index contributed by atoms with van der Waals surface area (Å²) in [5.41, 5.74) is 7.15. The second-order valence-electron chi connectivity index (χ2n) is 4.57. The summed E-state index contributed by atoms with van der Waals surface area (Å²) in [6, 6.07) is 10.5. The van der Waals surface area contributed by atoms with E-state index in [4.69, 9.17) is 5.73 Å². The van der Waals surface area contributed by atoms with E-state index in [1.165, 1.54) is 12.1 Å². The molecule has 2 amide bonds. The van der Waals surface area contributed by atoms with Crippen molar-refractivity contribution >= 4 is 23.2 Å². The maximum atomic E-state index is 13.3. The molecular formula is C15H11FN2O2. The number of imide groups is 1. The second-order valence-corrected chi connectivity index (χ2v) is 4.57. The lowest BCUT2D eigenvalue weighted by Crippen LogP contribution is -2.42. The minimum Gasteiger partial charge on any atom is -0.397 e. The van der Waals surface area contributed by atoms with Gasteiger partial charge in [0, 0.05) is 11.6 Å². The molecule has 0 saturated carbocycles. The zero-order valence-electron chi connectivity index (χ0n) is 10.5. The number of carbonyl (C=O) groups excluding carboxylic acids is 2. The van der Waals surface area contributed by atoms with Gasteiger partial charge in [0.05, 0.1) is 17.8 Å². The number of hydrogen-bond acceptors (Lipinski definition) is 3. The second kappa shape index (κ2) is 4.45. The van der Waals surface area contributed by atoms with E-state index < -0.39 is 17.6 Å². The minimum absolute atomic E-state index is 0.0921. The first-order chi connectivity index (χ1) is 9.58. The Hall–Kier alpha value is -2.69. The minimum atomic E-state index is -0.548. The van der Waals surface area contributed by atoms with Crippen LogP contribution in [-0.4, -0.2) is 11.8 Å². The van der Waals surface area contributed by atoms with Gasteiger partial charge in [-0.25, -0.2) is 9.29 Å².